The molecule has 4 nitrogen and oxygen atoms in total. The first-order valence-corrected chi connectivity index (χ1v) is 7.74. The summed E-state index contributed by atoms with van der Waals surface area (Å²) in [6.45, 7) is 9.50. The van der Waals surface area contributed by atoms with Crippen LogP contribution in [0.15, 0.2) is 24.3 Å². The monoisotopic (exact) mass is 289 g/mol. The summed E-state index contributed by atoms with van der Waals surface area (Å²) in [4.78, 5) is 14.3. The molecule has 1 amide bonds. The van der Waals surface area contributed by atoms with Gasteiger partial charge in [-0.1, -0.05) is 32.9 Å². The van der Waals surface area contributed by atoms with Gasteiger partial charge in [0, 0.05) is 12.2 Å². The SMILES string of the molecule is CC(C)c1ccc(NC(=O)CN2CCC(C)(CN)C2)cc1. The molecular weight excluding hydrogens is 262 g/mol. The number of hydrogen-bond acceptors (Lipinski definition) is 3. The van der Waals surface area contributed by atoms with Crippen molar-refractivity contribution in [3.05, 3.63) is 29.8 Å². The molecule has 1 heterocycles. The molecule has 0 aromatic heterocycles. The van der Waals surface area contributed by atoms with Crippen LogP contribution in [0.4, 0.5) is 5.69 Å². The number of benzene rings is 1. The highest BCUT2D eigenvalue weighted by atomic mass is 16.2. The third kappa shape index (κ3) is 4.29. The number of carbonyl (C=O) groups excluding carboxylic acids is 1. The Balaban J connectivity index is 1.85. The summed E-state index contributed by atoms with van der Waals surface area (Å²) in [6.07, 6.45) is 1.07. The number of hydrogen-bond donors (Lipinski definition) is 2. The van der Waals surface area contributed by atoms with Crippen molar-refractivity contribution in [2.24, 2.45) is 11.1 Å². The summed E-state index contributed by atoms with van der Waals surface area (Å²) in [5.41, 5.74) is 8.11. The van der Waals surface area contributed by atoms with E-state index >= 15 is 0 Å². The first kappa shape index (κ1) is 16.0. The number of rotatable bonds is 5. The summed E-state index contributed by atoms with van der Waals surface area (Å²) in [5.74, 6) is 0.557. The van der Waals surface area contributed by atoms with Crippen LogP contribution in [-0.2, 0) is 4.79 Å². The average molecular weight is 289 g/mol. The Morgan fingerprint density at radius 1 is 1.38 bits per heavy atom. The number of likely N-dealkylation sites (tertiary alicyclic amines) is 1. The zero-order valence-electron chi connectivity index (χ0n) is 13.4. The number of amides is 1. The fourth-order valence-electron chi connectivity index (χ4n) is 2.78. The summed E-state index contributed by atoms with van der Waals surface area (Å²) in [5, 5.41) is 2.97. The maximum absolute atomic E-state index is 12.1. The van der Waals surface area contributed by atoms with Gasteiger partial charge in [0.25, 0.3) is 0 Å². The molecule has 2 rings (SSSR count). The topological polar surface area (TPSA) is 58.4 Å². The van der Waals surface area contributed by atoms with E-state index in [1.807, 2.05) is 12.1 Å². The zero-order valence-corrected chi connectivity index (χ0v) is 13.4. The number of carbonyl (C=O) groups is 1. The number of nitrogens with two attached hydrogens (primary N) is 1. The fourth-order valence-corrected chi connectivity index (χ4v) is 2.78. The van der Waals surface area contributed by atoms with Crippen molar-refractivity contribution in [3.8, 4) is 0 Å². The maximum atomic E-state index is 12.1. The van der Waals surface area contributed by atoms with Gasteiger partial charge in [0.15, 0.2) is 0 Å². The molecular formula is C17H27N3O. The average Bonchev–Trinajstić information content (AvgIpc) is 2.81. The van der Waals surface area contributed by atoms with Crippen LogP contribution in [0.2, 0.25) is 0 Å². The zero-order chi connectivity index (χ0) is 15.5. The van der Waals surface area contributed by atoms with Crippen LogP contribution in [0, 0.1) is 5.41 Å². The van der Waals surface area contributed by atoms with Gasteiger partial charge in [-0.2, -0.15) is 0 Å². The summed E-state index contributed by atoms with van der Waals surface area (Å²) >= 11 is 0. The quantitative estimate of drug-likeness (QED) is 0.875. The lowest BCUT2D eigenvalue weighted by Gasteiger charge is -2.22. The molecule has 0 spiro atoms. The molecule has 4 heteroatoms. The lowest BCUT2D eigenvalue weighted by atomic mass is 9.90. The van der Waals surface area contributed by atoms with Gasteiger partial charge in [0.05, 0.1) is 6.54 Å². The molecule has 116 valence electrons. The first-order chi connectivity index (χ1) is 9.92. The molecule has 3 N–H and O–H groups in total. The second kappa shape index (κ2) is 6.58. The van der Waals surface area contributed by atoms with Gasteiger partial charge in [-0.15, -0.1) is 0 Å². The van der Waals surface area contributed by atoms with Gasteiger partial charge >= 0.3 is 0 Å². The van der Waals surface area contributed by atoms with Gasteiger partial charge in [-0.05, 0) is 48.5 Å². The highest BCUT2D eigenvalue weighted by Gasteiger charge is 2.33. The fraction of sp³-hybridized carbons (Fsp3) is 0.588. The molecule has 1 unspecified atom stereocenters. The first-order valence-electron chi connectivity index (χ1n) is 7.74. The van der Waals surface area contributed by atoms with Gasteiger partial charge in [-0.3, -0.25) is 9.69 Å². The predicted octanol–water partition coefficient (Wildman–Crippen LogP) is 2.42. The molecule has 1 aromatic rings. The Morgan fingerprint density at radius 2 is 2.05 bits per heavy atom. The van der Waals surface area contributed by atoms with E-state index in [1.54, 1.807) is 0 Å². The van der Waals surface area contributed by atoms with Crippen LogP contribution >= 0.6 is 0 Å². The number of anilines is 1. The van der Waals surface area contributed by atoms with Crippen LogP contribution < -0.4 is 11.1 Å². The van der Waals surface area contributed by atoms with E-state index < -0.39 is 0 Å². The van der Waals surface area contributed by atoms with Crippen molar-refractivity contribution in [2.75, 3.05) is 31.5 Å². The van der Waals surface area contributed by atoms with Crippen LogP contribution in [0.1, 0.15) is 38.7 Å². The van der Waals surface area contributed by atoms with Crippen molar-refractivity contribution < 1.29 is 4.79 Å². The molecule has 1 saturated heterocycles. The molecule has 1 aliphatic rings. The lowest BCUT2D eigenvalue weighted by molar-refractivity contribution is -0.117. The molecule has 0 aliphatic carbocycles. The maximum Gasteiger partial charge on any atom is 0.238 e. The Bertz CT molecular complexity index is 483. The van der Waals surface area contributed by atoms with Crippen LogP contribution in [0.25, 0.3) is 0 Å². The number of nitrogens with zero attached hydrogens (tertiary/aromatic N) is 1. The van der Waals surface area contributed by atoms with Crippen LogP contribution in [0.5, 0.6) is 0 Å². The normalized spacial score (nSPS) is 22.7. The van der Waals surface area contributed by atoms with Crippen molar-refractivity contribution in [1.29, 1.82) is 0 Å². The van der Waals surface area contributed by atoms with Gasteiger partial charge in [0.1, 0.15) is 0 Å². The van der Waals surface area contributed by atoms with Crippen LogP contribution in [-0.4, -0.2) is 37.0 Å². The third-order valence-corrected chi connectivity index (χ3v) is 4.36. The van der Waals surface area contributed by atoms with Gasteiger partial charge in [-0.25, -0.2) is 0 Å². The van der Waals surface area contributed by atoms with E-state index in [-0.39, 0.29) is 11.3 Å². The second-order valence-corrected chi connectivity index (χ2v) is 6.80. The molecule has 1 atom stereocenters. The molecule has 1 aliphatic heterocycles. The van der Waals surface area contributed by atoms with E-state index in [0.29, 0.717) is 19.0 Å². The summed E-state index contributed by atoms with van der Waals surface area (Å²) < 4.78 is 0. The third-order valence-electron chi connectivity index (χ3n) is 4.36. The Hall–Kier alpha value is -1.39. The molecule has 0 saturated carbocycles. The van der Waals surface area contributed by atoms with Crippen molar-refractivity contribution in [3.63, 3.8) is 0 Å². The van der Waals surface area contributed by atoms with E-state index in [1.165, 1.54) is 5.56 Å². The Labute approximate surface area is 127 Å². The Kier molecular flexibility index (Phi) is 5.01. The van der Waals surface area contributed by atoms with E-state index in [2.05, 4.69) is 43.1 Å². The van der Waals surface area contributed by atoms with E-state index in [4.69, 9.17) is 5.73 Å². The Morgan fingerprint density at radius 3 is 2.57 bits per heavy atom. The molecule has 1 aromatic carbocycles. The highest BCUT2D eigenvalue weighted by Crippen LogP contribution is 2.28. The number of nitrogens with one attached hydrogen (secondary N) is 1. The van der Waals surface area contributed by atoms with Crippen molar-refractivity contribution in [2.45, 2.75) is 33.1 Å². The van der Waals surface area contributed by atoms with Crippen LogP contribution in [0.3, 0.4) is 0 Å². The van der Waals surface area contributed by atoms with Gasteiger partial charge in [0.2, 0.25) is 5.91 Å². The molecule has 0 bridgehead atoms. The smallest absolute Gasteiger partial charge is 0.238 e. The van der Waals surface area contributed by atoms with Gasteiger partial charge < -0.3 is 11.1 Å². The largest absolute Gasteiger partial charge is 0.330 e. The minimum absolute atomic E-state index is 0.0496. The minimum Gasteiger partial charge on any atom is -0.330 e. The molecule has 1 fully saturated rings. The predicted molar refractivity (Wildman–Crippen MR) is 87.4 cm³/mol. The second-order valence-electron chi connectivity index (χ2n) is 6.80. The lowest BCUT2D eigenvalue weighted by Crippen LogP contribution is -2.35. The highest BCUT2D eigenvalue weighted by molar-refractivity contribution is 5.92. The van der Waals surface area contributed by atoms with E-state index in [9.17, 15) is 4.79 Å². The van der Waals surface area contributed by atoms with E-state index in [0.717, 1.165) is 25.2 Å². The summed E-state index contributed by atoms with van der Waals surface area (Å²) in [6, 6.07) is 8.09. The molecule has 0 radical (unpaired) electrons. The summed E-state index contributed by atoms with van der Waals surface area (Å²) in [7, 11) is 0. The standard InChI is InChI=1S/C17H27N3O/c1-13(2)14-4-6-15(7-5-14)19-16(21)10-20-9-8-17(3,11-18)12-20/h4-7,13H,8-12,18H2,1-3H3,(H,19,21). The minimum atomic E-state index is 0.0496. The van der Waals surface area contributed by atoms with Crippen molar-refractivity contribution >= 4 is 11.6 Å². The molecule has 21 heavy (non-hydrogen) atoms. The van der Waals surface area contributed by atoms with Crippen molar-refractivity contribution in [1.82, 2.24) is 4.90 Å².